The molecule has 0 radical (unpaired) electrons. The average molecular weight is 251 g/mol. The van der Waals surface area contributed by atoms with Crippen molar-refractivity contribution in [3.8, 4) is 5.75 Å². The van der Waals surface area contributed by atoms with Crippen molar-refractivity contribution in [1.29, 1.82) is 0 Å². The molecule has 0 aliphatic heterocycles. The van der Waals surface area contributed by atoms with Crippen LogP contribution in [0, 0.1) is 0 Å². The minimum Gasteiger partial charge on any atom is -0.491 e. The Kier molecular flexibility index (Phi) is 5.17. The van der Waals surface area contributed by atoms with Crippen LogP contribution in [-0.4, -0.2) is 35.3 Å². The van der Waals surface area contributed by atoms with Crippen LogP contribution in [0.1, 0.15) is 33.3 Å². The zero-order valence-corrected chi connectivity index (χ0v) is 12.1. The van der Waals surface area contributed by atoms with E-state index in [4.69, 9.17) is 4.74 Å². The molecule has 0 fully saturated rings. The summed E-state index contributed by atoms with van der Waals surface area (Å²) in [7, 11) is 2.01. The second-order valence-corrected chi connectivity index (χ2v) is 5.80. The molecule has 0 aliphatic carbocycles. The van der Waals surface area contributed by atoms with E-state index in [0.29, 0.717) is 6.54 Å². The highest BCUT2D eigenvalue weighted by atomic mass is 16.5. The highest BCUT2D eigenvalue weighted by molar-refractivity contribution is 5.28. The molecule has 1 aromatic rings. The minimum atomic E-state index is -0.666. The SMILES string of the molecule is CC(C)Oc1cccc(CN(C)CC(C)(C)O)c1. The van der Waals surface area contributed by atoms with Crippen molar-refractivity contribution < 1.29 is 9.84 Å². The van der Waals surface area contributed by atoms with E-state index in [9.17, 15) is 5.11 Å². The van der Waals surface area contributed by atoms with Crippen LogP contribution in [0.2, 0.25) is 0 Å². The standard InChI is InChI=1S/C15H25NO2/c1-12(2)18-14-8-6-7-13(9-14)10-16(5)11-15(3,4)17/h6-9,12,17H,10-11H2,1-5H3. The van der Waals surface area contributed by atoms with E-state index in [1.807, 2.05) is 46.9 Å². The number of hydrogen-bond donors (Lipinski definition) is 1. The number of hydrogen-bond acceptors (Lipinski definition) is 3. The molecule has 0 unspecified atom stereocenters. The van der Waals surface area contributed by atoms with Gasteiger partial charge in [-0.3, -0.25) is 4.90 Å². The molecular formula is C15H25NO2. The monoisotopic (exact) mass is 251 g/mol. The van der Waals surface area contributed by atoms with Gasteiger partial charge in [-0.05, 0) is 52.4 Å². The fraction of sp³-hybridized carbons (Fsp3) is 0.600. The molecule has 0 saturated carbocycles. The van der Waals surface area contributed by atoms with Gasteiger partial charge in [0.25, 0.3) is 0 Å². The quantitative estimate of drug-likeness (QED) is 0.843. The van der Waals surface area contributed by atoms with Gasteiger partial charge in [0, 0.05) is 13.1 Å². The fourth-order valence-electron chi connectivity index (χ4n) is 2.02. The van der Waals surface area contributed by atoms with Gasteiger partial charge in [0.1, 0.15) is 5.75 Å². The van der Waals surface area contributed by atoms with Crippen LogP contribution in [0.4, 0.5) is 0 Å². The molecule has 18 heavy (non-hydrogen) atoms. The van der Waals surface area contributed by atoms with Crippen molar-refractivity contribution in [1.82, 2.24) is 4.90 Å². The summed E-state index contributed by atoms with van der Waals surface area (Å²) in [5.41, 5.74) is 0.528. The van der Waals surface area contributed by atoms with Crippen LogP contribution in [0.25, 0.3) is 0 Å². The lowest BCUT2D eigenvalue weighted by Crippen LogP contribution is -2.35. The Balaban J connectivity index is 2.61. The molecular weight excluding hydrogens is 226 g/mol. The summed E-state index contributed by atoms with van der Waals surface area (Å²) in [6.07, 6.45) is 0.189. The first-order valence-electron chi connectivity index (χ1n) is 6.43. The summed E-state index contributed by atoms with van der Waals surface area (Å²) in [6.45, 7) is 9.13. The number of benzene rings is 1. The van der Waals surface area contributed by atoms with Gasteiger partial charge in [0.05, 0.1) is 11.7 Å². The summed E-state index contributed by atoms with van der Waals surface area (Å²) >= 11 is 0. The van der Waals surface area contributed by atoms with Gasteiger partial charge in [-0.25, -0.2) is 0 Å². The Labute approximate surface area is 110 Å². The first-order chi connectivity index (χ1) is 8.26. The summed E-state index contributed by atoms with van der Waals surface area (Å²) in [4.78, 5) is 2.11. The smallest absolute Gasteiger partial charge is 0.120 e. The Morgan fingerprint density at radius 2 is 2.00 bits per heavy atom. The largest absolute Gasteiger partial charge is 0.491 e. The topological polar surface area (TPSA) is 32.7 Å². The van der Waals surface area contributed by atoms with Gasteiger partial charge in [-0.15, -0.1) is 0 Å². The average Bonchev–Trinajstić information content (AvgIpc) is 2.13. The summed E-state index contributed by atoms with van der Waals surface area (Å²) in [5.74, 6) is 0.902. The lowest BCUT2D eigenvalue weighted by atomic mass is 10.1. The van der Waals surface area contributed by atoms with Gasteiger partial charge in [-0.1, -0.05) is 12.1 Å². The lowest BCUT2D eigenvalue weighted by molar-refractivity contribution is 0.0425. The van der Waals surface area contributed by atoms with Gasteiger partial charge in [0.2, 0.25) is 0 Å². The predicted octanol–water partition coefficient (Wildman–Crippen LogP) is 2.68. The van der Waals surface area contributed by atoms with Crippen LogP contribution in [0.3, 0.4) is 0 Å². The Hall–Kier alpha value is -1.06. The molecule has 3 nitrogen and oxygen atoms in total. The lowest BCUT2D eigenvalue weighted by Gasteiger charge is -2.25. The second kappa shape index (κ2) is 6.21. The van der Waals surface area contributed by atoms with Crippen molar-refractivity contribution in [3.05, 3.63) is 29.8 Å². The third-order valence-electron chi connectivity index (χ3n) is 2.38. The number of aliphatic hydroxyl groups is 1. The molecule has 0 aliphatic rings. The molecule has 1 N–H and O–H groups in total. The number of ether oxygens (including phenoxy) is 1. The predicted molar refractivity (Wildman–Crippen MR) is 74.8 cm³/mol. The zero-order valence-electron chi connectivity index (χ0n) is 12.1. The summed E-state index contributed by atoms with van der Waals surface area (Å²) < 4.78 is 5.67. The first-order valence-corrected chi connectivity index (χ1v) is 6.43. The van der Waals surface area contributed by atoms with Crippen LogP contribution in [-0.2, 0) is 6.54 Å². The first kappa shape index (κ1) is 15.0. The number of rotatable bonds is 6. The van der Waals surface area contributed by atoms with Crippen LogP contribution in [0.15, 0.2) is 24.3 Å². The molecule has 0 atom stereocenters. The molecule has 1 rings (SSSR count). The van der Waals surface area contributed by atoms with Gasteiger partial charge >= 0.3 is 0 Å². The normalized spacial score (nSPS) is 12.2. The van der Waals surface area contributed by atoms with E-state index in [1.165, 1.54) is 5.56 Å². The molecule has 1 aromatic carbocycles. The minimum absolute atomic E-state index is 0.189. The number of likely N-dealkylation sites (N-methyl/N-ethyl adjacent to an activating group) is 1. The maximum absolute atomic E-state index is 9.77. The zero-order chi connectivity index (χ0) is 13.8. The maximum atomic E-state index is 9.77. The van der Waals surface area contributed by atoms with Gasteiger partial charge in [-0.2, -0.15) is 0 Å². The highest BCUT2D eigenvalue weighted by Crippen LogP contribution is 2.16. The third-order valence-corrected chi connectivity index (χ3v) is 2.38. The Morgan fingerprint density at radius 1 is 1.33 bits per heavy atom. The van der Waals surface area contributed by atoms with Crippen molar-refractivity contribution in [3.63, 3.8) is 0 Å². The molecule has 0 amide bonds. The molecule has 0 saturated heterocycles. The van der Waals surface area contributed by atoms with E-state index in [2.05, 4.69) is 17.0 Å². The molecule has 3 heteroatoms. The van der Waals surface area contributed by atoms with E-state index in [-0.39, 0.29) is 6.10 Å². The van der Waals surface area contributed by atoms with Gasteiger partial charge in [0.15, 0.2) is 0 Å². The Bertz CT molecular complexity index is 369. The van der Waals surface area contributed by atoms with Crippen LogP contribution in [0.5, 0.6) is 5.75 Å². The maximum Gasteiger partial charge on any atom is 0.120 e. The van der Waals surface area contributed by atoms with Crippen molar-refractivity contribution >= 4 is 0 Å². The van der Waals surface area contributed by atoms with E-state index < -0.39 is 5.60 Å². The van der Waals surface area contributed by atoms with Crippen molar-refractivity contribution in [2.45, 2.75) is 45.9 Å². The van der Waals surface area contributed by atoms with Crippen molar-refractivity contribution in [2.24, 2.45) is 0 Å². The van der Waals surface area contributed by atoms with E-state index in [1.54, 1.807) is 0 Å². The van der Waals surface area contributed by atoms with Gasteiger partial charge < -0.3 is 9.84 Å². The van der Waals surface area contributed by atoms with E-state index >= 15 is 0 Å². The fourth-order valence-corrected chi connectivity index (χ4v) is 2.02. The Morgan fingerprint density at radius 3 is 2.56 bits per heavy atom. The number of nitrogens with zero attached hydrogens (tertiary/aromatic N) is 1. The van der Waals surface area contributed by atoms with Crippen LogP contribution < -0.4 is 4.74 Å². The molecule has 0 spiro atoms. The summed E-state index contributed by atoms with van der Waals surface area (Å²) in [6, 6.07) is 8.11. The second-order valence-electron chi connectivity index (χ2n) is 5.80. The molecule has 0 bridgehead atoms. The molecule has 102 valence electrons. The highest BCUT2D eigenvalue weighted by Gasteiger charge is 2.15. The van der Waals surface area contributed by atoms with Crippen molar-refractivity contribution in [2.75, 3.05) is 13.6 Å². The molecule has 0 heterocycles. The summed E-state index contributed by atoms with van der Waals surface area (Å²) in [5, 5.41) is 9.77. The van der Waals surface area contributed by atoms with Crippen LogP contribution >= 0.6 is 0 Å². The van der Waals surface area contributed by atoms with E-state index in [0.717, 1.165) is 12.3 Å². The third kappa shape index (κ3) is 6.03. The molecule has 0 aromatic heterocycles.